The number of nitrogens with one attached hydrogen (secondary N) is 1. The fourth-order valence-corrected chi connectivity index (χ4v) is 2.02. The molecule has 22 heavy (non-hydrogen) atoms. The maximum atomic E-state index is 11.9. The van der Waals surface area contributed by atoms with Gasteiger partial charge in [0, 0.05) is 11.1 Å². The van der Waals surface area contributed by atoms with Crippen LogP contribution < -0.4 is 5.32 Å². The number of carboxylic acid groups (broad SMARTS) is 1. The average Bonchev–Trinajstić information content (AvgIpc) is 2.35. The second-order valence-corrected chi connectivity index (χ2v) is 6.63. The first-order valence-electron chi connectivity index (χ1n) is 6.95. The first-order chi connectivity index (χ1) is 9.95. The third kappa shape index (κ3) is 4.46. The lowest BCUT2D eigenvalue weighted by molar-refractivity contribution is -0.150. The van der Waals surface area contributed by atoms with Crippen molar-refractivity contribution in [2.45, 2.75) is 51.7 Å². The summed E-state index contributed by atoms with van der Waals surface area (Å²) in [5.74, 6) is -1.32. The zero-order valence-electron chi connectivity index (χ0n) is 13.5. The van der Waals surface area contributed by atoms with E-state index in [1.165, 1.54) is 0 Å². The molecule has 0 saturated heterocycles. The minimum atomic E-state index is -1.60. The van der Waals surface area contributed by atoms with E-state index in [0.29, 0.717) is 11.3 Å². The topological polar surface area (TPSA) is 95.9 Å². The van der Waals surface area contributed by atoms with Gasteiger partial charge in [-0.2, -0.15) is 0 Å². The lowest BCUT2D eigenvalue weighted by Gasteiger charge is -2.30. The highest BCUT2D eigenvalue weighted by atomic mass is 16.6. The third-order valence-electron chi connectivity index (χ3n) is 3.17. The van der Waals surface area contributed by atoms with E-state index in [0.717, 1.165) is 0 Å². The van der Waals surface area contributed by atoms with Crippen molar-refractivity contribution in [1.29, 1.82) is 0 Å². The van der Waals surface area contributed by atoms with Gasteiger partial charge in [-0.1, -0.05) is 32.0 Å². The summed E-state index contributed by atoms with van der Waals surface area (Å²) in [5, 5.41) is 21.6. The Balaban J connectivity index is 3.10. The predicted molar refractivity (Wildman–Crippen MR) is 83.0 cm³/mol. The average molecular weight is 309 g/mol. The third-order valence-corrected chi connectivity index (χ3v) is 3.17. The molecule has 1 aromatic carbocycles. The molecule has 0 radical (unpaired) electrons. The summed E-state index contributed by atoms with van der Waals surface area (Å²) in [6.07, 6.45) is -2.24. The number of hydrogen-bond acceptors (Lipinski definition) is 4. The molecule has 122 valence electrons. The molecule has 0 aliphatic heterocycles. The van der Waals surface area contributed by atoms with Crippen LogP contribution in [0.15, 0.2) is 24.3 Å². The fourth-order valence-electron chi connectivity index (χ4n) is 2.02. The van der Waals surface area contributed by atoms with Crippen LogP contribution in [0.1, 0.15) is 40.2 Å². The molecule has 3 N–H and O–H groups in total. The van der Waals surface area contributed by atoms with Crippen molar-refractivity contribution >= 4 is 17.7 Å². The van der Waals surface area contributed by atoms with Crippen LogP contribution in [0, 0.1) is 0 Å². The minimum absolute atomic E-state index is 0.405. The molecule has 1 aromatic rings. The van der Waals surface area contributed by atoms with Gasteiger partial charge in [0.1, 0.15) is 5.60 Å². The molecule has 1 unspecified atom stereocenters. The van der Waals surface area contributed by atoms with Gasteiger partial charge in [0.2, 0.25) is 0 Å². The number of carboxylic acids is 1. The fraction of sp³-hybridized carbons (Fsp3) is 0.500. The molecule has 6 heteroatoms. The van der Waals surface area contributed by atoms with Crippen molar-refractivity contribution in [3.63, 3.8) is 0 Å². The highest BCUT2D eigenvalue weighted by molar-refractivity contribution is 5.87. The molecule has 6 nitrogen and oxygen atoms in total. The predicted octanol–water partition coefficient (Wildman–Crippen LogP) is 2.76. The second-order valence-electron chi connectivity index (χ2n) is 6.63. The van der Waals surface area contributed by atoms with Gasteiger partial charge in [-0.25, -0.2) is 9.59 Å². The van der Waals surface area contributed by atoms with Gasteiger partial charge >= 0.3 is 12.1 Å². The maximum Gasteiger partial charge on any atom is 0.412 e. The van der Waals surface area contributed by atoms with Crippen LogP contribution in [0.25, 0.3) is 0 Å². The van der Waals surface area contributed by atoms with Crippen molar-refractivity contribution in [3.05, 3.63) is 29.8 Å². The smallest absolute Gasteiger partial charge is 0.412 e. The van der Waals surface area contributed by atoms with Gasteiger partial charge in [-0.05, 0) is 32.4 Å². The number of aliphatic carboxylic acids is 1. The second kappa shape index (κ2) is 6.36. The molecule has 1 rings (SSSR count). The molecule has 0 heterocycles. The van der Waals surface area contributed by atoms with Crippen LogP contribution in [0.4, 0.5) is 10.5 Å². The monoisotopic (exact) mass is 309 g/mol. The number of hydrogen-bond donors (Lipinski definition) is 3. The van der Waals surface area contributed by atoms with E-state index in [1.54, 1.807) is 58.9 Å². The molecule has 0 aliphatic carbocycles. The summed E-state index contributed by atoms with van der Waals surface area (Å²) in [6, 6.07) is 6.72. The van der Waals surface area contributed by atoms with E-state index >= 15 is 0 Å². The van der Waals surface area contributed by atoms with Gasteiger partial charge in [-0.15, -0.1) is 0 Å². The van der Waals surface area contributed by atoms with Crippen molar-refractivity contribution in [2.75, 3.05) is 5.32 Å². The summed E-state index contributed by atoms with van der Waals surface area (Å²) in [4.78, 5) is 23.0. The zero-order valence-corrected chi connectivity index (χ0v) is 13.5. The summed E-state index contributed by atoms with van der Waals surface area (Å²) in [7, 11) is 0. The number of rotatable bonds is 4. The summed E-state index contributed by atoms with van der Waals surface area (Å²) < 4.78 is 5.19. The Kier molecular flexibility index (Phi) is 5.19. The van der Waals surface area contributed by atoms with Crippen molar-refractivity contribution < 1.29 is 24.5 Å². The number of aliphatic hydroxyl groups excluding tert-OH is 1. The van der Waals surface area contributed by atoms with Crippen LogP contribution in [0.2, 0.25) is 0 Å². The molecule has 0 bridgehead atoms. The van der Waals surface area contributed by atoms with Gasteiger partial charge in [0.15, 0.2) is 6.10 Å². The van der Waals surface area contributed by atoms with E-state index in [1.807, 2.05) is 0 Å². The Morgan fingerprint density at radius 1 is 1.14 bits per heavy atom. The number of benzene rings is 1. The van der Waals surface area contributed by atoms with E-state index in [4.69, 9.17) is 9.84 Å². The molecular formula is C16H23NO5. The number of carbonyl (C=O) groups is 2. The Labute approximate surface area is 130 Å². The lowest BCUT2D eigenvalue weighted by atomic mass is 9.78. The highest BCUT2D eigenvalue weighted by Gasteiger charge is 2.37. The van der Waals surface area contributed by atoms with Crippen LogP contribution in [-0.4, -0.2) is 34.0 Å². The molecule has 1 atom stereocenters. The van der Waals surface area contributed by atoms with Crippen molar-refractivity contribution in [1.82, 2.24) is 0 Å². The van der Waals surface area contributed by atoms with E-state index in [-0.39, 0.29) is 0 Å². The Hall–Kier alpha value is -2.08. The van der Waals surface area contributed by atoms with Crippen molar-refractivity contribution in [3.8, 4) is 0 Å². The zero-order chi connectivity index (χ0) is 17.1. The number of aliphatic hydroxyl groups is 1. The Morgan fingerprint density at radius 3 is 2.18 bits per heavy atom. The summed E-state index contributed by atoms with van der Waals surface area (Å²) in [6.45, 7) is 8.44. The quantitative estimate of drug-likeness (QED) is 0.794. The van der Waals surface area contributed by atoms with Gasteiger partial charge in [0.05, 0.1) is 0 Å². The molecule has 0 spiro atoms. The Bertz CT molecular complexity index is 560. The van der Waals surface area contributed by atoms with Crippen LogP contribution >= 0.6 is 0 Å². The van der Waals surface area contributed by atoms with Gasteiger partial charge in [0.25, 0.3) is 0 Å². The van der Waals surface area contributed by atoms with Crippen LogP contribution in [0.5, 0.6) is 0 Å². The van der Waals surface area contributed by atoms with Gasteiger partial charge in [-0.3, -0.25) is 5.32 Å². The number of amides is 1. The first-order valence-corrected chi connectivity index (χ1v) is 6.95. The van der Waals surface area contributed by atoms with Crippen LogP contribution in [-0.2, 0) is 14.9 Å². The van der Waals surface area contributed by atoms with E-state index in [9.17, 15) is 14.7 Å². The summed E-state index contributed by atoms with van der Waals surface area (Å²) >= 11 is 0. The molecular weight excluding hydrogens is 286 g/mol. The minimum Gasteiger partial charge on any atom is -0.479 e. The van der Waals surface area contributed by atoms with Gasteiger partial charge < -0.3 is 14.9 Å². The molecule has 0 fully saturated rings. The largest absolute Gasteiger partial charge is 0.479 e. The number of carbonyl (C=O) groups excluding carboxylic acids is 1. The summed E-state index contributed by atoms with van der Waals surface area (Å²) in [5.41, 5.74) is -0.815. The molecule has 0 saturated carbocycles. The van der Waals surface area contributed by atoms with Crippen LogP contribution in [0.3, 0.4) is 0 Å². The van der Waals surface area contributed by atoms with E-state index in [2.05, 4.69) is 5.32 Å². The maximum absolute atomic E-state index is 11.9. The standard InChI is InChI=1S/C16H23NO5/c1-15(2,3)22-14(21)17-11-9-7-6-8-10(11)16(4,5)12(18)13(19)20/h6-9,12,18H,1-5H3,(H,17,21)(H,19,20). The molecule has 0 aliphatic rings. The number of anilines is 1. The normalized spacial score (nSPS) is 13.4. The number of ether oxygens (including phenoxy) is 1. The van der Waals surface area contributed by atoms with Crippen molar-refractivity contribution in [2.24, 2.45) is 0 Å². The lowest BCUT2D eigenvalue weighted by Crippen LogP contribution is -2.40. The van der Waals surface area contributed by atoms with E-state index < -0.39 is 29.2 Å². The number of para-hydroxylation sites is 1. The molecule has 1 amide bonds. The Morgan fingerprint density at radius 2 is 1.68 bits per heavy atom. The first kappa shape index (κ1) is 18.0. The highest BCUT2D eigenvalue weighted by Crippen LogP contribution is 2.33. The molecule has 0 aromatic heterocycles. The SMILES string of the molecule is CC(C)(C)OC(=O)Nc1ccccc1C(C)(C)C(O)C(=O)O.